The number of carbonyl (C=O) groups is 2. The highest BCUT2D eigenvalue weighted by atomic mass is 35.5. The molecular weight excluding hydrogens is 502 g/mol. The van der Waals surface area contributed by atoms with E-state index in [1.54, 1.807) is 26.4 Å². The molecule has 0 spiro atoms. The molecule has 1 aromatic carbocycles. The van der Waals surface area contributed by atoms with Crippen LogP contribution in [-0.4, -0.2) is 87.3 Å². The lowest BCUT2D eigenvalue weighted by molar-refractivity contribution is -0.139. The van der Waals surface area contributed by atoms with Gasteiger partial charge in [0.2, 0.25) is 11.8 Å². The summed E-state index contributed by atoms with van der Waals surface area (Å²) in [6, 6.07) is 8.02. The van der Waals surface area contributed by atoms with E-state index in [9.17, 15) is 18.0 Å². The van der Waals surface area contributed by atoms with Crippen molar-refractivity contribution in [2.45, 2.75) is 23.1 Å². The van der Waals surface area contributed by atoms with Crippen LogP contribution in [0.3, 0.4) is 0 Å². The van der Waals surface area contributed by atoms with Crippen molar-refractivity contribution < 1.29 is 27.5 Å². The first-order valence-corrected chi connectivity index (χ1v) is 13.4. The molecule has 0 saturated carbocycles. The first-order valence-electron chi connectivity index (χ1n) is 10.8. The highest BCUT2D eigenvalue weighted by molar-refractivity contribution is 7.91. The number of thiophene rings is 1. The van der Waals surface area contributed by atoms with Crippen molar-refractivity contribution in [1.82, 2.24) is 14.1 Å². The number of benzene rings is 1. The molecule has 2 aromatic rings. The molecule has 2 aliphatic heterocycles. The SMILES string of the molecule is COc1ccc(CCN2C(=O)CC(N3CCN(S(=O)(=O)c4ccc(Cl)s4)CC3)C2=O)cc1OC. The third-order valence-corrected chi connectivity index (χ3v) is 9.75. The molecule has 3 heterocycles. The highest BCUT2D eigenvalue weighted by Gasteiger charge is 2.43. The number of methoxy groups -OCH3 is 2. The molecule has 2 fully saturated rings. The number of imide groups is 1. The second-order valence-corrected chi connectivity index (χ2v) is 11.9. The quantitative estimate of drug-likeness (QED) is 0.485. The van der Waals surface area contributed by atoms with E-state index in [4.69, 9.17) is 21.1 Å². The van der Waals surface area contributed by atoms with Crippen LogP contribution in [0.4, 0.5) is 0 Å². The van der Waals surface area contributed by atoms with Crippen molar-refractivity contribution in [3.05, 3.63) is 40.2 Å². The molecule has 34 heavy (non-hydrogen) atoms. The van der Waals surface area contributed by atoms with Crippen molar-refractivity contribution in [1.29, 1.82) is 0 Å². The maximum absolute atomic E-state index is 13.0. The molecule has 12 heteroatoms. The Kier molecular flexibility index (Phi) is 7.48. The van der Waals surface area contributed by atoms with Crippen LogP contribution >= 0.6 is 22.9 Å². The van der Waals surface area contributed by atoms with Gasteiger partial charge in [-0.3, -0.25) is 19.4 Å². The number of piperazine rings is 1. The molecule has 2 saturated heterocycles. The van der Waals surface area contributed by atoms with Gasteiger partial charge in [0.1, 0.15) is 4.21 Å². The molecule has 4 rings (SSSR count). The van der Waals surface area contributed by atoms with E-state index in [-0.39, 0.29) is 42.1 Å². The Morgan fingerprint density at radius 2 is 1.74 bits per heavy atom. The van der Waals surface area contributed by atoms with Gasteiger partial charge in [-0.2, -0.15) is 4.31 Å². The lowest BCUT2D eigenvalue weighted by Crippen LogP contribution is -2.53. The highest BCUT2D eigenvalue weighted by Crippen LogP contribution is 2.30. The van der Waals surface area contributed by atoms with Crippen LogP contribution < -0.4 is 9.47 Å². The molecule has 1 atom stereocenters. The summed E-state index contributed by atoms with van der Waals surface area (Å²) >= 11 is 6.92. The van der Waals surface area contributed by atoms with Crippen LogP contribution in [0.1, 0.15) is 12.0 Å². The number of likely N-dealkylation sites (tertiary alicyclic amines) is 1. The van der Waals surface area contributed by atoms with Crippen LogP contribution in [0.25, 0.3) is 0 Å². The zero-order chi connectivity index (χ0) is 24.5. The number of sulfonamides is 1. The number of nitrogens with zero attached hydrogens (tertiary/aromatic N) is 3. The summed E-state index contributed by atoms with van der Waals surface area (Å²) in [4.78, 5) is 28.9. The van der Waals surface area contributed by atoms with Gasteiger partial charge >= 0.3 is 0 Å². The van der Waals surface area contributed by atoms with Crippen LogP contribution in [0.5, 0.6) is 11.5 Å². The Hall–Kier alpha value is -2.18. The normalized spacial score (nSPS) is 20.2. The lowest BCUT2D eigenvalue weighted by Gasteiger charge is -2.36. The molecule has 0 bridgehead atoms. The van der Waals surface area contributed by atoms with E-state index < -0.39 is 16.1 Å². The molecule has 0 N–H and O–H groups in total. The van der Waals surface area contributed by atoms with E-state index >= 15 is 0 Å². The fourth-order valence-corrected chi connectivity index (χ4v) is 7.34. The third kappa shape index (κ3) is 4.94. The zero-order valence-corrected chi connectivity index (χ0v) is 21.3. The number of halogens is 1. The van der Waals surface area contributed by atoms with Gasteiger partial charge in [-0.1, -0.05) is 17.7 Å². The first kappa shape index (κ1) is 24.9. The van der Waals surface area contributed by atoms with Gasteiger partial charge in [0.25, 0.3) is 10.0 Å². The monoisotopic (exact) mass is 527 g/mol. The predicted molar refractivity (Wildman–Crippen MR) is 128 cm³/mol. The predicted octanol–water partition coefficient (Wildman–Crippen LogP) is 2.10. The topological polar surface area (TPSA) is 96.5 Å². The average molecular weight is 528 g/mol. The van der Waals surface area contributed by atoms with Gasteiger partial charge in [0.15, 0.2) is 11.5 Å². The molecule has 2 aliphatic rings. The van der Waals surface area contributed by atoms with Crippen molar-refractivity contribution in [2.24, 2.45) is 0 Å². The van der Waals surface area contributed by atoms with E-state index in [0.29, 0.717) is 35.3 Å². The minimum atomic E-state index is -3.61. The Bertz CT molecular complexity index is 1180. The zero-order valence-electron chi connectivity index (χ0n) is 18.9. The van der Waals surface area contributed by atoms with E-state index in [0.717, 1.165) is 16.9 Å². The second kappa shape index (κ2) is 10.2. The summed E-state index contributed by atoms with van der Waals surface area (Å²) in [5.41, 5.74) is 0.925. The maximum atomic E-state index is 13.0. The smallest absolute Gasteiger partial charge is 0.252 e. The molecule has 1 aromatic heterocycles. The molecule has 9 nitrogen and oxygen atoms in total. The van der Waals surface area contributed by atoms with Gasteiger partial charge in [-0.15, -0.1) is 11.3 Å². The summed E-state index contributed by atoms with van der Waals surface area (Å²) in [5, 5.41) is 0. The number of hydrogen-bond acceptors (Lipinski definition) is 8. The number of amides is 2. The average Bonchev–Trinajstić information content (AvgIpc) is 3.40. The minimum absolute atomic E-state index is 0.109. The molecular formula is C22H26ClN3O6S2. The standard InChI is InChI=1S/C22H26ClN3O6S2/c1-31-17-4-3-15(13-18(17)32-2)7-8-26-20(27)14-16(22(26)28)24-9-11-25(12-10-24)34(29,30)21-6-5-19(23)33-21/h3-6,13,16H,7-12,14H2,1-2H3. The number of carbonyl (C=O) groups excluding carboxylic acids is 2. The fraction of sp³-hybridized carbons (Fsp3) is 0.455. The van der Waals surface area contributed by atoms with Crippen molar-refractivity contribution in [3.63, 3.8) is 0 Å². The van der Waals surface area contributed by atoms with E-state index in [1.807, 2.05) is 17.0 Å². The Morgan fingerprint density at radius 1 is 1.03 bits per heavy atom. The van der Waals surface area contributed by atoms with E-state index in [1.165, 1.54) is 15.3 Å². The van der Waals surface area contributed by atoms with Gasteiger partial charge in [-0.25, -0.2) is 8.42 Å². The maximum Gasteiger partial charge on any atom is 0.252 e. The lowest BCUT2D eigenvalue weighted by atomic mass is 10.1. The van der Waals surface area contributed by atoms with Crippen molar-refractivity contribution >= 4 is 44.8 Å². The third-order valence-electron chi connectivity index (χ3n) is 6.15. The molecule has 0 radical (unpaired) electrons. The van der Waals surface area contributed by atoms with Crippen molar-refractivity contribution in [2.75, 3.05) is 46.9 Å². The van der Waals surface area contributed by atoms with Gasteiger partial charge in [-0.05, 0) is 36.2 Å². The summed E-state index contributed by atoms with van der Waals surface area (Å²) in [6.07, 6.45) is 0.609. The van der Waals surface area contributed by atoms with Crippen LogP contribution in [0, 0.1) is 0 Å². The summed E-state index contributed by atoms with van der Waals surface area (Å²) in [5.74, 6) is 0.767. The summed E-state index contributed by atoms with van der Waals surface area (Å²) in [7, 11) is -0.496. The number of ether oxygens (including phenoxy) is 2. The number of hydrogen-bond donors (Lipinski definition) is 0. The van der Waals surface area contributed by atoms with Gasteiger partial charge in [0, 0.05) is 32.7 Å². The molecule has 2 amide bonds. The fourth-order valence-electron chi connectivity index (χ4n) is 4.28. The first-order chi connectivity index (χ1) is 16.2. The second-order valence-electron chi connectivity index (χ2n) is 8.04. The molecule has 184 valence electrons. The minimum Gasteiger partial charge on any atom is -0.493 e. The van der Waals surface area contributed by atoms with Gasteiger partial charge < -0.3 is 9.47 Å². The van der Waals surface area contributed by atoms with Crippen LogP contribution in [0.2, 0.25) is 4.34 Å². The van der Waals surface area contributed by atoms with Gasteiger partial charge in [0.05, 0.1) is 31.0 Å². The Balaban J connectivity index is 1.35. The molecule has 0 aliphatic carbocycles. The Morgan fingerprint density at radius 3 is 2.35 bits per heavy atom. The van der Waals surface area contributed by atoms with E-state index in [2.05, 4.69) is 0 Å². The molecule has 1 unspecified atom stereocenters. The Labute approximate surface area is 207 Å². The largest absolute Gasteiger partial charge is 0.493 e. The van der Waals surface area contributed by atoms with Crippen molar-refractivity contribution in [3.8, 4) is 11.5 Å². The number of rotatable bonds is 8. The van der Waals surface area contributed by atoms with Crippen LogP contribution in [-0.2, 0) is 26.0 Å². The van der Waals surface area contributed by atoms with Crippen LogP contribution in [0.15, 0.2) is 34.5 Å². The summed E-state index contributed by atoms with van der Waals surface area (Å²) in [6.45, 7) is 1.54. The summed E-state index contributed by atoms with van der Waals surface area (Å²) < 4.78 is 38.2.